The molecule has 0 aromatic carbocycles. The van der Waals surface area contributed by atoms with Crippen LogP contribution in [0.25, 0.3) is 0 Å². The van der Waals surface area contributed by atoms with Gasteiger partial charge < -0.3 is 30.4 Å². The Morgan fingerprint density at radius 3 is 2.19 bits per heavy atom. The van der Waals surface area contributed by atoms with E-state index in [9.17, 15) is 14.7 Å². The fourth-order valence-corrected chi connectivity index (χ4v) is 11.8. The molecule has 5 rings (SSSR count). The van der Waals surface area contributed by atoms with Crippen molar-refractivity contribution in [1.29, 1.82) is 0 Å². The molecule has 8 nitrogen and oxygen atoms in total. The summed E-state index contributed by atoms with van der Waals surface area (Å²) in [5.41, 5.74) is 0.836. The molecule has 0 aromatic heterocycles. The lowest BCUT2D eigenvalue weighted by molar-refractivity contribution is -0.133. The molecule has 1 aliphatic heterocycles. The zero-order valence-corrected chi connectivity index (χ0v) is 31.2. The maximum atomic E-state index is 13.5. The van der Waals surface area contributed by atoms with E-state index in [1.807, 2.05) is 4.90 Å². The minimum absolute atomic E-state index is 0.0261. The van der Waals surface area contributed by atoms with Gasteiger partial charge >= 0.3 is 0 Å². The lowest BCUT2D eigenvalue weighted by Crippen LogP contribution is -2.54. The van der Waals surface area contributed by atoms with Crippen LogP contribution in [0.4, 0.5) is 0 Å². The topological polar surface area (TPSA) is 88.2 Å². The number of carbonyl (C=O) groups excluding carboxylic acids is 2. The number of nitrogens with zero attached hydrogens (tertiary/aromatic N) is 3. The number of hydrogen-bond acceptors (Lipinski definition) is 6. The molecule has 0 radical (unpaired) electrons. The predicted molar refractivity (Wildman–Crippen MR) is 191 cm³/mol. The fourth-order valence-electron chi connectivity index (χ4n) is 11.8. The Labute approximate surface area is 287 Å². The summed E-state index contributed by atoms with van der Waals surface area (Å²) in [7, 11) is 8.32. The van der Waals surface area contributed by atoms with Crippen LogP contribution in [0.2, 0.25) is 0 Å². The Morgan fingerprint density at radius 2 is 1.51 bits per heavy atom. The predicted octanol–water partition coefficient (Wildman–Crippen LogP) is 5.00. The van der Waals surface area contributed by atoms with Crippen LogP contribution in [0.1, 0.15) is 111 Å². The normalized spacial score (nSPS) is 38.9. The van der Waals surface area contributed by atoms with E-state index in [2.05, 4.69) is 69.4 Å². The number of nitrogens with one attached hydrogen (secondary N) is 2. The van der Waals surface area contributed by atoms with E-state index < -0.39 is 0 Å². The van der Waals surface area contributed by atoms with Crippen molar-refractivity contribution in [2.75, 3.05) is 60.9 Å². The van der Waals surface area contributed by atoms with Crippen LogP contribution in [0.3, 0.4) is 0 Å². The van der Waals surface area contributed by atoms with Crippen LogP contribution in [0.15, 0.2) is 0 Å². The lowest BCUT2D eigenvalue weighted by Gasteiger charge is -2.61. The quantitative estimate of drug-likeness (QED) is 0.244. The molecule has 0 spiro atoms. The third-order valence-corrected chi connectivity index (χ3v) is 14.4. The van der Waals surface area contributed by atoms with E-state index >= 15 is 0 Å². The van der Waals surface area contributed by atoms with Gasteiger partial charge in [0.25, 0.3) is 0 Å². The molecule has 11 atom stereocenters. The Bertz CT molecular complexity index is 1040. The molecule has 4 aliphatic carbocycles. The zero-order valence-electron chi connectivity index (χ0n) is 31.2. The van der Waals surface area contributed by atoms with Crippen LogP contribution in [0, 0.1) is 46.3 Å². The van der Waals surface area contributed by atoms with E-state index in [1.54, 1.807) is 0 Å². The van der Waals surface area contributed by atoms with Gasteiger partial charge in [-0.05, 0) is 171 Å². The number of rotatable bonds is 14. The summed E-state index contributed by atoms with van der Waals surface area (Å²) in [5, 5.41) is 17.1. The van der Waals surface area contributed by atoms with E-state index in [0.29, 0.717) is 42.1 Å². The fraction of sp³-hybridized carbons (Fsp3) is 0.949. The molecule has 3 N–H and O–H groups in total. The molecule has 4 saturated carbocycles. The SMILES string of the molecule is C[C@H](CCC(=O)NC1CN[C@H](C(=O)N(CCCN(C)C)CCCN(C)C)C1)[C@H]1CCC2C3CCC4C[C@H](O)CC[C@]4(C)C3CC[C@@]21C. The second-order valence-corrected chi connectivity index (χ2v) is 17.9. The van der Waals surface area contributed by atoms with E-state index in [-0.39, 0.29) is 30.0 Å². The number of aliphatic hydroxyl groups is 1. The molecule has 5 unspecified atom stereocenters. The van der Waals surface area contributed by atoms with Crippen LogP contribution in [0.5, 0.6) is 0 Å². The van der Waals surface area contributed by atoms with Gasteiger partial charge in [-0.3, -0.25) is 9.59 Å². The van der Waals surface area contributed by atoms with Crippen molar-refractivity contribution in [3.8, 4) is 0 Å². The van der Waals surface area contributed by atoms with Gasteiger partial charge in [-0.25, -0.2) is 0 Å². The van der Waals surface area contributed by atoms with Gasteiger partial charge in [0.15, 0.2) is 0 Å². The second kappa shape index (κ2) is 15.8. The maximum Gasteiger partial charge on any atom is 0.239 e. The molecule has 1 heterocycles. The smallest absolute Gasteiger partial charge is 0.239 e. The van der Waals surface area contributed by atoms with Crippen molar-refractivity contribution in [2.45, 2.75) is 129 Å². The van der Waals surface area contributed by atoms with Crippen LogP contribution < -0.4 is 10.6 Å². The van der Waals surface area contributed by atoms with Crippen LogP contribution in [-0.2, 0) is 9.59 Å². The number of fused-ring (bicyclic) bond motifs is 5. The summed E-state index contributed by atoms with van der Waals surface area (Å²) in [4.78, 5) is 33.2. The minimum Gasteiger partial charge on any atom is -0.393 e. The first-order valence-corrected chi connectivity index (χ1v) is 19.6. The Balaban J connectivity index is 1.08. The number of aliphatic hydroxyl groups excluding tert-OH is 1. The molecule has 8 heteroatoms. The third-order valence-electron chi connectivity index (χ3n) is 14.4. The molecule has 0 aromatic rings. The van der Waals surface area contributed by atoms with E-state index in [0.717, 1.165) is 82.0 Å². The van der Waals surface area contributed by atoms with Crippen molar-refractivity contribution in [1.82, 2.24) is 25.3 Å². The summed E-state index contributed by atoms with van der Waals surface area (Å²) >= 11 is 0. The van der Waals surface area contributed by atoms with Gasteiger partial charge in [0.2, 0.25) is 11.8 Å². The van der Waals surface area contributed by atoms with Crippen molar-refractivity contribution in [3.05, 3.63) is 0 Å². The van der Waals surface area contributed by atoms with Gasteiger partial charge in [0, 0.05) is 32.1 Å². The largest absolute Gasteiger partial charge is 0.393 e. The van der Waals surface area contributed by atoms with E-state index in [4.69, 9.17) is 0 Å². The monoisotopic (exact) mass is 658 g/mol. The average molecular weight is 658 g/mol. The zero-order chi connectivity index (χ0) is 33.9. The molecular formula is C39H71N5O3. The minimum atomic E-state index is -0.209. The Morgan fingerprint density at radius 1 is 0.851 bits per heavy atom. The number of hydrogen-bond donors (Lipinski definition) is 3. The standard InChI is InChI=1S/C39H71N5O3/c1-27(32-13-14-33-31-12-11-28-24-30(45)16-18-38(28,2)34(31)17-19-39(32,33)3)10-15-36(46)41-29-25-35(40-26-29)37(47)44(22-8-20-42(4)5)23-9-21-43(6)7/h27-35,40,45H,8-26H2,1-7H3,(H,41,46)/t27-,28?,29?,30-,31?,32-,33?,34?,35+,38+,39-/m1/s1. The van der Waals surface area contributed by atoms with Crippen molar-refractivity contribution in [2.24, 2.45) is 46.3 Å². The van der Waals surface area contributed by atoms with Crippen molar-refractivity contribution >= 4 is 11.8 Å². The molecule has 5 fully saturated rings. The maximum absolute atomic E-state index is 13.5. The first kappa shape index (κ1) is 37.0. The summed E-state index contributed by atoms with van der Waals surface area (Å²) in [5.74, 6) is 4.85. The number of amides is 2. The Kier molecular flexibility index (Phi) is 12.4. The van der Waals surface area contributed by atoms with Gasteiger partial charge in [-0.1, -0.05) is 20.8 Å². The molecule has 270 valence electrons. The van der Waals surface area contributed by atoms with Crippen molar-refractivity contribution in [3.63, 3.8) is 0 Å². The van der Waals surface area contributed by atoms with Crippen LogP contribution in [-0.4, -0.2) is 111 Å². The van der Waals surface area contributed by atoms with Gasteiger partial charge in [-0.2, -0.15) is 0 Å². The van der Waals surface area contributed by atoms with Gasteiger partial charge in [0.1, 0.15) is 0 Å². The first-order valence-electron chi connectivity index (χ1n) is 19.6. The molecule has 2 amide bonds. The van der Waals surface area contributed by atoms with Crippen LogP contribution >= 0.6 is 0 Å². The Hall–Kier alpha value is -1.22. The highest BCUT2D eigenvalue weighted by Crippen LogP contribution is 2.68. The summed E-state index contributed by atoms with van der Waals surface area (Å²) in [6, 6.07) is -0.183. The summed E-state index contributed by atoms with van der Waals surface area (Å²) in [6.07, 6.45) is 15.4. The third kappa shape index (κ3) is 8.40. The molecule has 47 heavy (non-hydrogen) atoms. The second-order valence-electron chi connectivity index (χ2n) is 17.9. The first-order chi connectivity index (χ1) is 22.3. The molecule has 0 bridgehead atoms. The molecular weight excluding hydrogens is 586 g/mol. The molecule has 1 saturated heterocycles. The highest BCUT2D eigenvalue weighted by atomic mass is 16.3. The highest BCUT2D eigenvalue weighted by molar-refractivity contribution is 5.83. The summed E-state index contributed by atoms with van der Waals surface area (Å²) < 4.78 is 0. The summed E-state index contributed by atoms with van der Waals surface area (Å²) in [6.45, 7) is 11.8. The number of carbonyl (C=O) groups is 2. The van der Waals surface area contributed by atoms with Gasteiger partial charge in [0.05, 0.1) is 12.1 Å². The molecule has 5 aliphatic rings. The average Bonchev–Trinajstić information content (AvgIpc) is 3.63. The van der Waals surface area contributed by atoms with Crippen molar-refractivity contribution < 1.29 is 14.7 Å². The lowest BCUT2D eigenvalue weighted by atomic mass is 9.44. The van der Waals surface area contributed by atoms with E-state index in [1.165, 1.54) is 44.9 Å². The highest BCUT2D eigenvalue weighted by Gasteiger charge is 2.60. The van der Waals surface area contributed by atoms with Gasteiger partial charge in [-0.15, -0.1) is 0 Å².